The quantitative estimate of drug-likeness (QED) is 0.0261. The van der Waals surface area contributed by atoms with Gasteiger partial charge in [0, 0.05) is 19.3 Å². The highest BCUT2D eigenvalue weighted by Gasteiger charge is 2.19. The van der Waals surface area contributed by atoms with E-state index < -0.39 is 6.10 Å². The summed E-state index contributed by atoms with van der Waals surface area (Å²) in [6.07, 6.45) is 83.4. The van der Waals surface area contributed by atoms with Crippen LogP contribution in [0.25, 0.3) is 0 Å². The number of hydrogen-bond acceptors (Lipinski definition) is 6. The zero-order valence-electron chi connectivity index (χ0n) is 49.6. The number of carbonyl (C=O) groups is 3. The average molecular weight is 1050 g/mol. The van der Waals surface area contributed by atoms with Gasteiger partial charge in [-0.05, 0) is 89.9 Å². The van der Waals surface area contributed by atoms with Crippen LogP contribution < -0.4 is 0 Å². The second-order valence-electron chi connectivity index (χ2n) is 21.3. The van der Waals surface area contributed by atoms with Gasteiger partial charge in [0.15, 0.2) is 6.10 Å². The Hall–Kier alpha value is -3.41. The van der Waals surface area contributed by atoms with E-state index in [-0.39, 0.29) is 31.1 Å². The zero-order chi connectivity index (χ0) is 54.3. The number of carbonyl (C=O) groups excluding carboxylic acids is 3. The Morgan fingerprint density at radius 1 is 0.280 bits per heavy atom. The Balaban J connectivity index is 3.99. The number of hydrogen-bond donors (Lipinski definition) is 0. The van der Waals surface area contributed by atoms with Crippen molar-refractivity contribution in [2.24, 2.45) is 0 Å². The van der Waals surface area contributed by atoms with Crippen LogP contribution in [0.5, 0.6) is 0 Å². The maximum absolute atomic E-state index is 12.8. The molecule has 0 amide bonds. The first kappa shape index (κ1) is 71.6. The lowest BCUT2D eigenvalue weighted by Crippen LogP contribution is -2.30. The van der Waals surface area contributed by atoms with Crippen LogP contribution in [-0.4, -0.2) is 37.2 Å². The van der Waals surface area contributed by atoms with Gasteiger partial charge >= 0.3 is 17.9 Å². The molecular formula is C69H120O6. The summed E-state index contributed by atoms with van der Waals surface area (Å²) in [5.74, 6) is -0.884. The third-order valence-corrected chi connectivity index (χ3v) is 13.9. The summed E-state index contributed by atoms with van der Waals surface area (Å²) in [6, 6.07) is 0. The second kappa shape index (κ2) is 63.1. The molecule has 0 bridgehead atoms. The van der Waals surface area contributed by atoms with Crippen LogP contribution in [0.4, 0.5) is 0 Å². The van der Waals surface area contributed by atoms with Gasteiger partial charge < -0.3 is 14.2 Å². The van der Waals surface area contributed by atoms with E-state index in [1.54, 1.807) is 0 Å². The van der Waals surface area contributed by atoms with E-state index in [1.807, 2.05) is 0 Å². The van der Waals surface area contributed by atoms with Gasteiger partial charge in [-0.15, -0.1) is 0 Å². The summed E-state index contributed by atoms with van der Waals surface area (Å²) in [4.78, 5) is 38.0. The smallest absolute Gasteiger partial charge is 0.306 e. The van der Waals surface area contributed by atoms with Gasteiger partial charge in [0.1, 0.15) is 13.2 Å². The normalized spacial score (nSPS) is 12.6. The van der Waals surface area contributed by atoms with E-state index in [9.17, 15) is 14.4 Å². The van der Waals surface area contributed by atoms with E-state index >= 15 is 0 Å². The summed E-state index contributed by atoms with van der Waals surface area (Å²) in [5.41, 5.74) is 0. The molecule has 6 heteroatoms. The van der Waals surface area contributed by atoms with Crippen LogP contribution in [0.1, 0.15) is 316 Å². The minimum Gasteiger partial charge on any atom is -0.462 e. The summed E-state index contributed by atoms with van der Waals surface area (Å²) in [5, 5.41) is 0. The van der Waals surface area contributed by atoms with Crippen LogP contribution in [-0.2, 0) is 28.6 Å². The molecule has 0 heterocycles. The minimum absolute atomic E-state index is 0.0774. The van der Waals surface area contributed by atoms with Gasteiger partial charge in [0.2, 0.25) is 0 Å². The standard InChI is InChI=1S/C69H120O6/c1-4-7-10-13-16-19-21-23-25-26-27-28-29-30-31-32-33-34-35-36-37-38-39-40-41-42-43-44-45-47-48-50-53-56-59-62-68(71)74-65-66(64-73-67(70)61-58-55-52-18-15-12-9-6-3)75-69(72)63-60-57-54-51-49-46-24-22-20-17-14-11-8-5-2/h7,10,14,16-17,19,22-25,27-28,30-31,66H,4-6,8-9,11-13,15,18,20-21,26,29,32-65H2,1-3H3/b10-7-,17-14-,19-16-,24-22-,25-23-,28-27-,31-30-. The number of rotatable bonds is 58. The average Bonchev–Trinajstić information content (AvgIpc) is 3.41. The van der Waals surface area contributed by atoms with Crippen LogP contribution in [0.2, 0.25) is 0 Å². The third-order valence-electron chi connectivity index (χ3n) is 13.9. The lowest BCUT2D eigenvalue weighted by molar-refractivity contribution is -0.167. The van der Waals surface area contributed by atoms with Crippen molar-refractivity contribution in [3.63, 3.8) is 0 Å². The summed E-state index contributed by atoms with van der Waals surface area (Å²) in [6.45, 7) is 6.47. The summed E-state index contributed by atoms with van der Waals surface area (Å²) >= 11 is 0. The number of allylic oxidation sites excluding steroid dienone is 14. The van der Waals surface area contributed by atoms with Crippen molar-refractivity contribution in [2.45, 2.75) is 322 Å². The molecule has 0 aromatic rings. The Bertz CT molecular complexity index is 1430. The lowest BCUT2D eigenvalue weighted by Gasteiger charge is -2.18. The molecule has 0 aromatic carbocycles. The fourth-order valence-electron chi connectivity index (χ4n) is 9.08. The highest BCUT2D eigenvalue weighted by Crippen LogP contribution is 2.17. The number of ether oxygens (including phenoxy) is 3. The monoisotopic (exact) mass is 1040 g/mol. The molecule has 0 rings (SSSR count). The summed E-state index contributed by atoms with van der Waals surface area (Å²) < 4.78 is 16.8. The van der Waals surface area contributed by atoms with Crippen molar-refractivity contribution >= 4 is 17.9 Å². The topological polar surface area (TPSA) is 78.9 Å². The van der Waals surface area contributed by atoms with E-state index in [0.29, 0.717) is 19.3 Å². The maximum Gasteiger partial charge on any atom is 0.306 e. The van der Waals surface area contributed by atoms with E-state index in [4.69, 9.17) is 14.2 Å². The molecule has 0 saturated heterocycles. The predicted molar refractivity (Wildman–Crippen MR) is 325 cm³/mol. The molecule has 0 N–H and O–H groups in total. The maximum atomic E-state index is 12.8. The predicted octanol–water partition coefficient (Wildman–Crippen LogP) is 21.9. The highest BCUT2D eigenvalue weighted by atomic mass is 16.6. The second-order valence-corrected chi connectivity index (χ2v) is 21.3. The Morgan fingerprint density at radius 3 is 0.853 bits per heavy atom. The molecule has 0 aliphatic rings. The zero-order valence-corrected chi connectivity index (χ0v) is 49.6. The van der Waals surface area contributed by atoms with Crippen LogP contribution in [0.3, 0.4) is 0 Å². The van der Waals surface area contributed by atoms with Gasteiger partial charge in [-0.25, -0.2) is 0 Å². The molecule has 0 aliphatic heterocycles. The lowest BCUT2D eigenvalue weighted by atomic mass is 10.0. The fraction of sp³-hybridized carbons (Fsp3) is 0.754. The van der Waals surface area contributed by atoms with Crippen molar-refractivity contribution in [1.82, 2.24) is 0 Å². The molecule has 0 fully saturated rings. The molecule has 0 saturated carbocycles. The molecule has 0 aromatic heterocycles. The summed E-state index contributed by atoms with van der Waals surface area (Å²) in [7, 11) is 0. The molecule has 0 spiro atoms. The molecule has 0 radical (unpaired) electrons. The molecule has 75 heavy (non-hydrogen) atoms. The number of esters is 3. The van der Waals surface area contributed by atoms with Gasteiger partial charge in [-0.2, -0.15) is 0 Å². The first-order chi connectivity index (χ1) is 37.0. The van der Waals surface area contributed by atoms with Crippen LogP contribution >= 0.6 is 0 Å². The molecule has 6 nitrogen and oxygen atoms in total. The van der Waals surface area contributed by atoms with Crippen molar-refractivity contribution in [2.75, 3.05) is 13.2 Å². The molecule has 1 atom stereocenters. The van der Waals surface area contributed by atoms with E-state index in [1.165, 1.54) is 161 Å². The van der Waals surface area contributed by atoms with Gasteiger partial charge in [-0.1, -0.05) is 292 Å². The van der Waals surface area contributed by atoms with E-state index in [2.05, 4.69) is 106 Å². The van der Waals surface area contributed by atoms with Crippen molar-refractivity contribution in [3.05, 3.63) is 85.1 Å². The largest absolute Gasteiger partial charge is 0.462 e. The van der Waals surface area contributed by atoms with Crippen molar-refractivity contribution < 1.29 is 28.6 Å². The van der Waals surface area contributed by atoms with Crippen LogP contribution in [0.15, 0.2) is 85.1 Å². The number of unbranched alkanes of at least 4 members (excludes halogenated alkanes) is 33. The fourth-order valence-corrected chi connectivity index (χ4v) is 9.08. The SMILES string of the molecule is CC/C=C\C/C=C\C/C=C\C/C=C\C/C=C\CCCCCCCCCCCCCCCCCCCCCC(=O)OCC(COC(=O)CCCCCCCCCC)OC(=O)CCCCCCC/C=C\C/C=C\CCCC. The van der Waals surface area contributed by atoms with Gasteiger partial charge in [0.25, 0.3) is 0 Å². The van der Waals surface area contributed by atoms with Gasteiger partial charge in [-0.3, -0.25) is 14.4 Å². The molecule has 0 aliphatic carbocycles. The third kappa shape index (κ3) is 61.3. The Morgan fingerprint density at radius 2 is 0.533 bits per heavy atom. The van der Waals surface area contributed by atoms with Crippen molar-refractivity contribution in [1.29, 1.82) is 0 Å². The van der Waals surface area contributed by atoms with Crippen LogP contribution in [0, 0.1) is 0 Å². The molecule has 432 valence electrons. The highest BCUT2D eigenvalue weighted by molar-refractivity contribution is 5.71. The molecule has 1 unspecified atom stereocenters. The minimum atomic E-state index is -0.778. The van der Waals surface area contributed by atoms with Gasteiger partial charge in [0.05, 0.1) is 0 Å². The first-order valence-corrected chi connectivity index (χ1v) is 32.1. The molecular weight excluding hydrogens is 925 g/mol. The first-order valence-electron chi connectivity index (χ1n) is 32.1. The van der Waals surface area contributed by atoms with E-state index in [0.717, 1.165) is 116 Å². The van der Waals surface area contributed by atoms with Crippen molar-refractivity contribution in [3.8, 4) is 0 Å². The Labute approximate surface area is 465 Å². The Kier molecular flexibility index (Phi) is 60.3.